The Balaban J connectivity index is 1.38. The van der Waals surface area contributed by atoms with Crippen molar-refractivity contribution in [1.29, 1.82) is 0 Å². The molecule has 0 bridgehead atoms. The number of nitrogens with one attached hydrogen (secondary N) is 1. The molecule has 9 nitrogen and oxygen atoms in total. The topological polar surface area (TPSA) is 108 Å². The second-order valence-electron chi connectivity index (χ2n) is 7.29. The number of carbonyl (C=O) groups excluding carboxylic acids is 2. The Morgan fingerprint density at radius 2 is 1.85 bits per heavy atom. The van der Waals surface area contributed by atoms with Gasteiger partial charge in [-0.1, -0.05) is 42.1 Å². The lowest BCUT2D eigenvalue weighted by atomic mass is 10.3. The first-order valence-electron chi connectivity index (χ1n) is 10.2. The van der Waals surface area contributed by atoms with Gasteiger partial charge in [-0.3, -0.25) is 19.1 Å². The van der Waals surface area contributed by atoms with E-state index in [2.05, 4.69) is 10.3 Å². The number of benzene rings is 2. The van der Waals surface area contributed by atoms with Crippen LogP contribution in [-0.4, -0.2) is 38.1 Å². The van der Waals surface area contributed by atoms with Crippen LogP contribution in [0.3, 0.4) is 0 Å². The summed E-state index contributed by atoms with van der Waals surface area (Å²) in [6.45, 7) is 3.18. The number of thioether (sulfide) groups is 1. The molecule has 0 aliphatic heterocycles. The fourth-order valence-electron chi connectivity index (χ4n) is 3.26. The van der Waals surface area contributed by atoms with E-state index in [0.29, 0.717) is 27.7 Å². The maximum absolute atomic E-state index is 12.9. The van der Waals surface area contributed by atoms with E-state index in [-0.39, 0.29) is 17.0 Å². The number of nitrogens with zero attached hydrogens (tertiary/aromatic N) is 3. The van der Waals surface area contributed by atoms with Crippen LogP contribution in [0.1, 0.15) is 12.6 Å². The lowest BCUT2D eigenvalue weighted by molar-refractivity contribution is -0.150. The van der Waals surface area contributed by atoms with Gasteiger partial charge in [0.2, 0.25) is 0 Å². The Kier molecular flexibility index (Phi) is 6.36. The van der Waals surface area contributed by atoms with Gasteiger partial charge >= 0.3 is 5.97 Å². The van der Waals surface area contributed by atoms with Crippen molar-refractivity contribution in [2.75, 3.05) is 11.1 Å². The third-order valence-electron chi connectivity index (χ3n) is 5.07. The van der Waals surface area contributed by atoms with Crippen LogP contribution in [0.2, 0.25) is 0 Å². The first-order chi connectivity index (χ1) is 15.8. The molecule has 0 radical (unpaired) electrons. The number of anilines is 1. The lowest BCUT2D eigenvalue weighted by Gasteiger charge is -2.12. The van der Waals surface area contributed by atoms with Gasteiger partial charge in [0.15, 0.2) is 11.7 Å². The normalized spacial score (nSPS) is 12.0. The number of amides is 1. The Bertz CT molecular complexity index is 1340. The molecule has 0 saturated heterocycles. The molecular weight excluding hydrogens is 444 g/mol. The van der Waals surface area contributed by atoms with Gasteiger partial charge in [-0.15, -0.1) is 0 Å². The molecule has 1 unspecified atom stereocenters. The van der Waals surface area contributed by atoms with Gasteiger partial charge < -0.3 is 14.5 Å². The fraction of sp³-hybridized carbons (Fsp3) is 0.217. The summed E-state index contributed by atoms with van der Waals surface area (Å²) in [5, 5.41) is 2.94. The number of rotatable bonds is 7. The molecule has 1 N–H and O–H groups in total. The second-order valence-corrected chi connectivity index (χ2v) is 8.22. The molecule has 0 fully saturated rings. The van der Waals surface area contributed by atoms with E-state index in [1.165, 1.54) is 11.6 Å². The van der Waals surface area contributed by atoms with Crippen LogP contribution < -0.4 is 10.9 Å². The number of carbonyl (C=O) groups is 2. The molecule has 0 saturated carbocycles. The molecule has 10 heteroatoms. The van der Waals surface area contributed by atoms with Crippen molar-refractivity contribution in [3.63, 3.8) is 0 Å². The molecule has 0 spiro atoms. The standard InChI is InChI=1S/C23H22N4O5S/c1-14-20(22(30)27(26(14)3)16-9-5-4-6-10-16)25-21(29)15(2)31-19(28)13-33-23-24-17-11-7-8-12-18(17)32-23/h4-12,15H,13H2,1-3H3,(H,25,29). The van der Waals surface area contributed by atoms with Crippen LogP contribution in [0.25, 0.3) is 16.8 Å². The lowest BCUT2D eigenvalue weighted by Crippen LogP contribution is -2.32. The van der Waals surface area contributed by atoms with Crippen molar-refractivity contribution in [1.82, 2.24) is 14.3 Å². The minimum Gasteiger partial charge on any atom is -0.452 e. The number of aromatic nitrogens is 3. The highest BCUT2D eigenvalue weighted by Crippen LogP contribution is 2.23. The van der Waals surface area contributed by atoms with E-state index >= 15 is 0 Å². The highest BCUT2D eigenvalue weighted by molar-refractivity contribution is 7.99. The number of fused-ring (bicyclic) bond motifs is 1. The van der Waals surface area contributed by atoms with E-state index in [0.717, 1.165) is 11.8 Å². The molecule has 0 aliphatic carbocycles. The minimum atomic E-state index is -1.09. The molecule has 2 aromatic carbocycles. The zero-order chi connectivity index (χ0) is 23.5. The van der Waals surface area contributed by atoms with Gasteiger partial charge in [0.1, 0.15) is 17.0 Å². The molecule has 1 amide bonds. The van der Waals surface area contributed by atoms with Gasteiger partial charge in [-0.05, 0) is 38.1 Å². The third kappa shape index (κ3) is 4.70. The SMILES string of the molecule is Cc1c(NC(=O)C(C)OC(=O)CSc2nc3ccccc3o2)c(=O)n(-c2ccccc2)n1C. The Morgan fingerprint density at radius 3 is 2.58 bits per heavy atom. The predicted molar refractivity (Wildman–Crippen MR) is 125 cm³/mol. The number of para-hydroxylation sites is 3. The summed E-state index contributed by atoms with van der Waals surface area (Å²) in [6, 6.07) is 16.4. The van der Waals surface area contributed by atoms with Crippen molar-refractivity contribution in [3.8, 4) is 5.69 Å². The van der Waals surface area contributed by atoms with E-state index in [1.807, 2.05) is 36.4 Å². The van der Waals surface area contributed by atoms with Gasteiger partial charge in [-0.25, -0.2) is 9.67 Å². The largest absolute Gasteiger partial charge is 0.452 e. The van der Waals surface area contributed by atoms with Crippen molar-refractivity contribution in [3.05, 3.63) is 70.6 Å². The van der Waals surface area contributed by atoms with Crippen LogP contribution in [0.4, 0.5) is 5.69 Å². The maximum Gasteiger partial charge on any atom is 0.317 e. The van der Waals surface area contributed by atoms with Gasteiger partial charge in [-0.2, -0.15) is 0 Å². The van der Waals surface area contributed by atoms with Crippen molar-refractivity contribution < 1.29 is 18.7 Å². The highest BCUT2D eigenvalue weighted by atomic mass is 32.2. The smallest absolute Gasteiger partial charge is 0.317 e. The van der Waals surface area contributed by atoms with Crippen LogP contribution in [0, 0.1) is 6.92 Å². The number of hydrogen-bond donors (Lipinski definition) is 1. The Hall–Kier alpha value is -3.79. The fourth-order valence-corrected chi connectivity index (χ4v) is 3.88. The minimum absolute atomic E-state index is 0.0738. The van der Waals surface area contributed by atoms with Crippen molar-refractivity contribution in [2.45, 2.75) is 25.2 Å². The monoisotopic (exact) mass is 466 g/mol. The van der Waals surface area contributed by atoms with Crippen molar-refractivity contribution in [2.24, 2.45) is 7.05 Å². The summed E-state index contributed by atoms with van der Waals surface area (Å²) in [5.74, 6) is -1.27. The summed E-state index contributed by atoms with van der Waals surface area (Å²) in [6.07, 6.45) is -1.09. The summed E-state index contributed by atoms with van der Waals surface area (Å²) < 4.78 is 13.9. The predicted octanol–water partition coefficient (Wildman–Crippen LogP) is 3.29. The average molecular weight is 467 g/mol. The summed E-state index contributed by atoms with van der Waals surface area (Å²) >= 11 is 1.08. The zero-order valence-electron chi connectivity index (χ0n) is 18.3. The van der Waals surface area contributed by atoms with Crippen LogP contribution in [-0.2, 0) is 21.4 Å². The van der Waals surface area contributed by atoms with E-state index < -0.39 is 18.0 Å². The first-order valence-corrected chi connectivity index (χ1v) is 11.2. The summed E-state index contributed by atoms with van der Waals surface area (Å²) in [5.41, 5.74) is 2.32. The average Bonchev–Trinajstić information content (AvgIpc) is 3.32. The number of oxazole rings is 1. The highest BCUT2D eigenvalue weighted by Gasteiger charge is 2.23. The Morgan fingerprint density at radius 1 is 1.15 bits per heavy atom. The number of hydrogen-bond acceptors (Lipinski definition) is 7. The molecule has 4 aromatic rings. The Labute approximate surface area is 193 Å². The molecule has 1 atom stereocenters. The second kappa shape index (κ2) is 9.37. The van der Waals surface area contributed by atoms with E-state index in [9.17, 15) is 14.4 Å². The maximum atomic E-state index is 12.9. The zero-order valence-corrected chi connectivity index (χ0v) is 19.1. The molecule has 2 aromatic heterocycles. The van der Waals surface area contributed by atoms with E-state index in [4.69, 9.17) is 9.15 Å². The first kappa shape index (κ1) is 22.4. The number of ether oxygens (including phenoxy) is 1. The molecule has 33 heavy (non-hydrogen) atoms. The summed E-state index contributed by atoms with van der Waals surface area (Å²) in [4.78, 5) is 42.0. The van der Waals surface area contributed by atoms with Gasteiger partial charge in [0.25, 0.3) is 16.7 Å². The van der Waals surface area contributed by atoms with E-state index in [1.54, 1.807) is 36.9 Å². The van der Waals surface area contributed by atoms with Gasteiger partial charge in [0.05, 0.1) is 11.4 Å². The van der Waals surface area contributed by atoms with Crippen molar-refractivity contribution >= 4 is 40.4 Å². The van der Waals surface area contributed by atoms with Crippen LogP contribution >= 0.6 is 11.8 Å². The molecular formula is C23H22N4O5S. The van der Waals surface area contributed by atoms with Crippen LogP contribution in [0.15, 0.2) is 69.0 Å². The molecule has 2 heterocycles. The summed E-state index contributed by atoms with van der Waals surface area (Å²) in [7, 11) is 1.73. The van der Waals surface area contributed by atoms with Gasteiger partial charge in [0, 0.05) is 7.05 Å². The molecule has 4 rings (SSSR count). The number of esters is 1. The molecule has 0 aliphatic rings. The quantitative estimate of drug-likeness (QED) is 0.329. The third-order valence-corrected chi connectivity index (χ3v) is 5.87. The molecule has 170 valence electrons. The van der Waals surface area contributed by atoms with Crippen LogP contribution in [0.5, 0.6) is 0 Å².